The summed E-state index contributed by atoms with van der Waals surface area (Å²) in [7, 11) is -2.04. The Kier molecular flexibility index (Phi) is 7.25. The summed E-state index contributed by atoms with van der Waals surface area (Å²) < 4.78 is 41.1. The van der Waals surface area contributed by atoms with Gasteiger partial charge in [0.25, 0.3) is 5.91 Å². The lowest BCUT2D eigenvalue weighted by Gasteiger charge is -2.14. The molecule has 0 atom stereocenters. The van der Waals surface area contributed by atoms with Crippen molar-refractivity contribution in [3.05, 3.63) is 59.0 Å². The molecule has 37 heavy (non-hydrogen) atoms. The number of fused-ring (bicyclic) bond motifs is 1. The van der Waals surface area contributed by atoms with Crippen LogP contribution < -0.4 is 15.4 Å². The molecule has 1 amide bonds. The number of halogens is 1. The summed E-state index contributed by atoms with van der Waals surface area (Å²) in [5.74, 6) is -1.46. The highest BCUT2D eigenvalue weighted by Crippen LogP contribution is 2.32. The highest BCUT2D eigenvalue weighted by atomic mass is 32.2. The number of sulfonamides is 1. The minimum absolute atomic E-state index is 0.0852. The van der Waals surface area contributed by atoms with Crippen LogP contribution in [0.3, 0.4) is 0 Å². The number of H-pyrrole nitrogens is 1. The zero-order valence-corrected chi connectivity index (χ0v) is 21.2. The van der Waals surface area contributed by atoms with Crippen LogP contribution in [0.1, 0.15) is 35.5 Å². The summed E-state index contributed by atoms with van der Waals surface area (Å²) in [5, 5.41) is 22.6. The molecule has 0 bridgehead atoms. The number of phenolic OH excluding ortho intramolecular Hbond substituents is 1. The van der Waals surface area contributed by atoms with Gasteiger partial charge in [-0.3, -0.25) is 14.6 Å². The van der Waals surface area contributed by atoms with Crippen LogP contribution in [0.15, 0.2) is 36.4 Å². The van der Waals surface area contributed by atoms with Gasteiger partial charge in [0.2, 0.25) is 10.0 Å². The molecule has 0 saturated heterocycles. The van der Waals surface area contributed by atoms with Gasteiger partial charge in [-0.2, -0.15) is 5.10 Å². The molecule has 0 aliphatic rings. The van der Waals surface area contributed by atoms with Gasteiger partial charge in [-0.05, 0) is 42.7 Å². The summed E-state index contributed by atoms with van der Waals surface area (Å²) in [6, 6.07) is 9.35. The molecule has 0 unspecified atom stereocenters. The first-order valence-electron chi connectivity index (χ1n) is 11.5. The number of rotatable bonds is 9. The van der Waals surface area contributed by atoms with Gasteiger partial charge < -0.3 is 15.7 Å². The molecule has 4 aromatic rings. The van der Waals surface area contributed by atoms with E-state index in [4.69, 9.17) is 0 Å². The molecule has 0 spiro atoms. The molecule has 0 aliphatic carbocycles. The Hall–Kier alpha value is -4.26. The Balaban J connectivity index is 1.82. The molecular weight excluding hydrogens is 501 g/mol. The average molecular weight is 528 g/mol. The summed E-state index contributed by atoms with van der Waals surface area (Å²) in [4.78, 5) is 21.5. The van der Waals surface area contributed by atoms with Crippen molar-refractivity contribution in [2.75, 3.05) is 22.8 Å². The predicted molar refractivity (Wildman–Crippen MR) is 138 cm³/mol. The van der Waals surface area contributed by atoms with Crippen LogP contribution in [-0.2, 0) is 23.0 Å². The van der Waals surface area contributed by atoms with Crippen molar-refractivity contribution in [3.8, 4) is 17.1 Å². The fourth-order valence-electron chi connectivity index (χ4n) is 3.76. The van der Waals surface area contributed by atoms with Gasteiger partial charge in [-0.15, -0.1) is 0 Å². The summed E-state index contributed by atoms with van der Waals surface area (Å²) in [6.07, 6.45) is 0.475. The Bertz CT molecular complexity index is 1590. The van der Waals surface area contributed by atoms with E-state index in [-0.39, 0.29) is 35.3 Å². The number of phenols is 1. The van der Waals surface area contributed by atoms with E-state index in [9.17, 15) is 22.7 Å². The highest BCUT2D eigenvalue weighted by Gasteiger charge is 2.22. The number of carbonyl (C=O) groups excluding carboxylic acids is 1. The maximum Gasteiger partial charge on any atom is 0.269 e. The Labute approximate surface area is 212 Å². The van der Waals surface area contributed by atoms with Gasteiger partial charge in [-0.1, -0.05) is 25.1 Å². The van der Waals surface area contributed by atoms with E-state index in [0.29, 0.717) is 34.2 Å². The number of benzene rings is 2. The molecule has 11 nitrogen and oxygen atoms in total. The maximum atomic E-state index is 14.3. The van der Waals surface area contributed by atoms with Gasteiger partial charge in [-0.25, -0.2) is 22.8 Å². The van der Waals surface area contributed by atoms with Crippen molar-refractivity contribution in [2.24, 2.45) is 0 Å². The first-order valence-corrected chi connectivity index (χ1v) is 13.1. The van der Waals surface area contributed by atoms with Crippen molar-refractivity contribution in [1.82, 2.24) is 25.5 Å². The number of aromatic hydroxyl groups is 1. The second-order valence-electron chi connectivity index (χ2n) is 8.10. The second-order valence-corrected chi connectivity index (χ2v) is 10.1. The van der Waals surface area contributed by atoms with E-state index in [1.165, 1.54) is 20.0 Å². The average Bonchev–Trinajstić information content (AvgIpc) is 3.33. The zero-order valence-electron chi connectivity index (χ0n) is 20.4. The van der Waals surface area contributed by atoms with E-state index < -0.39 is 27.5 Å². The van der Waals surface area contributed by atoms with Crippen LogP contribution in [0.4, 0.5) is 15.9 Å². The standard InChI is InChI=1S/C24H26FN7O4S/c1-4-13-10-18(33)16(25)11-15(13)21-28-22(19-20(24(34)26-3)30-31-23(19)29-21)27-12-14-8-6-7-9-17(14)32-37(35,36)5-2/h6-11,32-33H,4-5,12H2,1-3H3,(H,26,34)(H2,27,28,29,30,31). The van der Waals surface area contributed by atoms with E-state index in [1.54, 1.807) is 24.3 Å². The first kappa shape index (κ1) is 25.8. The van der Waals surface area contributed by atoms with E-state index in [0.717, 1.165) is 6.07 Å². The third kappa shape index (κ3) is 5.31. The van der Waals surface area contributed by atoms with Crippen LogP contribution >= 0.6 is 0 Å². The zero-order chi connectivity index (χ0) is 26.7. The minimum Gasteiger partial charge on any atom is -0.505 e. The molecule has 0 radical (unpaired) electrons. The van der Waals surface area contributed by atoms with Crippen molar-refractivity contribution in [1.29, 1.82) is 0 Å². The van der Waals surface area contributed by atoms with Crippen LogP contribution in [-0.4, -0.2) is 52.4 Å². The lowest BCUT2D eigenvalue weighted by atomic mass is 10.0. The number of hydrogen-bond acceptors (Lipinski definition) is 8. The molecule has 0 fully saturated rings. The monoisotopic (exact) mass is 527 g/mol. The molecule has 5 N–H and O–H groups in total. The number of aryl methyl sites for hydroxylation is 1. The van der Waals surface area contributed by atoms with Crippen LogP contribution in [0.5, 0.6) is 5.75 Å². The Morgan fingerprint density at radius 2 is 1.89 bits per heavy atom. The number of hydrogen-bond donors (Lipinski definition) is 5. The number of amides is 1. The number of para-hydroxylation sites is 1. The molecule has 2 aromatic carbocycles. The lowest BCUT2D eigenvalue weighted by Crippen LogP contribution is -2.19. The van der Waals surface area contributed by atoms with Crippen LogP contribution in [0.2, 0.25) is 0 Å². The minimum atomic E-state index is -3.51. The molecule has 194 valence electrons. The fourth-order valence-corrected chi connectivity index (χ4v) is 4.44. The van der Waals surface area contributed by atoms with Crippen molar-refractivity contribution < 1.29 is 22.7 Å². The predicted octanol–water partition coefficient (Wildman–Crippen LogP) is 3.16. The van der Waals surface area contributed by atoms with Gasteiger partial charge in [0.05, 0.1) is 16.8 Å². The molecule has 2 aromatic heterocycles. The van der Waals surface area contributed by atoms with Crippen molar-refractivity contribution >= 4 is 38.5 Å². The van der Waals surface area contributed by atoms with Gasteiger partial charge >= 0.3 is 0 Å². The fraction of sp³-hybridized carbons (Fsp3) is 0.250. The summed E-state index contributed by atoms with van der Waals surface area (Å²) in [6.45, 7) is 3.52. The molecular formula is C24H26FN7O4S. The number of aromatic amines is 1. The lowest BCUT2D eigenvalue weighted by molar-refractivity contribution is 0.0959. The molecule has 0 saturated carbocycles. The molecule has 4 rings (SSSR count). The van der Waals surface area contributed by atoms with Crippen molar-refractivity contribution in [2.45, 2.75) is 26.8 Å². The number of anilines is 2. The third-order valence-electron chi connectivity index (χ3n) is 5.77. The number of carbonyl (C=O) groups is 1. The third-order valence-corrected chi connectivity index (χ3v) is 7.06. The Morgan fingerprint density at radius 1 is 1.14 bits per heavy atom. The normalized spacial score (nSPS) is 11.5. The van der Waals surface area contributed by atoms with Gasteiger partial charge in [0, 0.05) is 19.2 Å². The van der Waals surface area contributed by atoms with Gasteiger partial charge in [0.1, 0.15) is 11.5 Å². The van der Waals surface area contributed by atoms with E-state index in [2.05, 4.69) is 35.5 Å². The second kappa shape index (κ2) is 10.4. The molecule has 13 heteroatoms. The number of aromatic nitrogens is 4. The van der Waals surface area contributed by atoms with Gasteiger partial charge in [0.15, 0.2) is 23.0 Å². The number of nitrogens with zero attached hydrogens (tertiary/aromatic N) is 3. The van der Waals surface area contributed by atoms with Crippen LogP contribution in [0, 0.1) is 5.82 Å². The van der Waals surface area contributed by atoms with Crippen LogP contribution in [0.25, 0.3) is 22.4 Å². The first-order chi connectivity index (χ1) is 17.7. The molecule has 0 aliphatic heterocycles. The summed E-state index contributed by atoms with van der Waals surface area (Å²) in [5.41, 5.74) is 2.30. The SMILES string of the molecule is CCc1cc(O)c(F)cc1-c1nc(NCc2ccccc2NS(=O)(=O)CC)c2c(C(=O)NC)[nH]nc2n1. The molecule has 2 heterocycles. The quantitative estimate of drug-likeness (QED) is 0.222. The highest BCUT2D eigenvalue weighted by molar-refractivity contribution is 7.92. The summed E-state index contributed by atoms with van der Waals surface area (Å²) >= 11 is 0. The number of nitrogens with one attached hydrogen (secondary N) is 4. The largest absolute Gasteiger partial charge is 0.505 e. The topological polar surface area (TPSA) is 162 Å². The maximum absolute atomic E-state index is 14.3. The van der Waals surface area contributed by atoms with E-state index in [1.807, 2.05) is 6.92 Å². The smallest absolute Gasteiger partial charge is 0.269 e. The Morgan fingerprint density at radius 3 is 2.59 bits per heavy atom. The van der Waals surface area contributed by atoms with Crippen molar-refractivity contribution in [3.63, 3.8) is 0 Å². The van der Waals surface area contributed by atoms with E-state index >= 15 is 0 Å².